The summed E-state index contributed by atoms with van der Waals surface area (Å²) >= 11 is 0. The fourth-order valence-corrected chi connectivity index (χ4v) is 1.98. The number of benzene rings is 1. The molecule has 1 rings (SSSR count). The van der Waals surface area contributed by atoms with Gasteiger partial charge in [-0.05, 0) is 16.5 Å². The highest BCUT2D eigenvalue weighted by Crippen LogP contribution is 2.24. The summed E-state index contributed by atoms with van der Waals surface area (Å²) in [6.07, 6.45) is 0. The molecule has 1 amide bonds. The maximum absolute atomic E-state index is 11.4. The van der Waals surface area contributed by atoms with Gasteiger partial charge in [0.2, 0.25) is 5.91 Å². The highest BCUT2D eigenvalue weighted by atomic mass is 16.4. The first kappa shape index (κ1) is 17.2. The van der Waals surface area contributed by atoms with Gasteiger partial charge in [-0.1, -0.05) is 45.0 Å². The molecule has 5 nitrogen and oxygen atoms in total. The van der Waals surface area contributed by atoms with Gasteiger partial charge in [0, 0.05) is 20.0 Å². The number of hydrogen-bond donors (Lipinski definition) is 3. The lowest BCUT2D eigenvalue weighted by molar-refractivity contribution is -0.139. The summed E-state index contributed by atoms with van der Waals surface area (Å²) < 4.78 is 0. The molecule has 0 heterocycles. The minimum absolute atomic E-state index is 0.0378. The molecule has 0 saturated heterocycles. The molecule has 0 spiro atoms. The van der Waals surface area contributed by atoms with Crippen LogP contribution in [-0.4, -0.2) is 30.1 Å². The van der Waals surface area contributed by atoms with Crippen LogP contribution in [0.25, 0.3) is 0 Å². The second-order valence-corrected chi connectivity index (χ2v) is 6.08. The van der Waals surface area contributed by atoms with E-state index in [1.165, 1.54) is 6.92 Å². The van der Waals surface area contributed by atoms with Crippen LogP contribution in [0.5, 0.6) is 0 Å². The molecular weight excluding hydrogens is 268 g/mol. The normalized spacial score (nSPS) is 12.8. The number of carboxylic acid groups (broad SMARTS) is 1. The minimum atomic E-state index is -0.929. The molecule has 116 valence electrons. The molecule has 0 saturated carbocycles. The Morgan fingerprint density at radius 1 is 1.14 bits per heavy atom. The molecule has 0 aliphatic rings. The van der Waals surface area contributed by atoms with Crippen LogP contribution in [0.1, 0.15) is 44.9 Å². The number of carbonyl (C=O) groups is 2. The second-order valence-electron chi connectivity index (χ2n) is 6.08. The third-order valence-corrected chi connectivity index (χ3v) is 3.20. The first-order valence-corrected chi connectivity index (χ1v) is 7.03. The van der Waals surface area contributed by atoms with Crippen LogP contribution in [0, 0.1) is 0 Å². The van der Waals surface area contributed by atoms with Crippen molar-refractivity contribution in [3.63, 3.8) is 0 Å². The fraction of sp³-hybridized carbons (Fsp3) is 0.500. The van der Waals surface area contributed by atoms with E-state index in [0.717, 1.165) is 5.56 Å². The van der Waals surface area contributed by atoms with E-state index in [1.807, 2.05) is 24.3 Å². The van der Waals surface area contributed by atoms with Gasteiger partial charge in [-0.15, -0.1) is 0 Å². The Bertz CT molecular complexity index is 489. The lowest BCUT2D eigenvalue weighted by Crippen LogP contribution is -2.35. The van der Waals surface area contributed by atoms with Crippen molar-refractivity contribution in [3.05, 3.63) is 35.4 Å². The van der Waals surface area contributed by atoms with Gasteiger partial charge in [-0.25, -0.2) is 0 Å². The number of hydrogen-bond acceptors (Lipinski definition) is 3. The van der Waals surface area contributed by atoms with Crippen molar-refractivity contribution in [2.45, 2.75) is 39.2 Å². The Kier molecular flexibility index (Phi) is 5.90. The summed E-state index contributed by atoms with van der Waals surface area (Å²) in [6.45, 7) is 8.57. The fourth-order valence-electron chi connectivity index (χ4n) is 1.98. The van der Waals surface area contributed by atoms with Crippen LogP contribution in [0.4, 0.5) is 0 Å². The van der Waals surface area contributed by atoms with Gasteiger partial charge in [-0.3, -0.25) is 14.9 Å². The van der Waals surface area contributed by atoms with E-state index in [-0.39, 0.29) is 11.3 Å². The van der Waals surface area contributed by atoms with Crippen molar-refractivity contribution in [3.8, 4) is 0 Å². The standard InChI is InChI=1S/C16H24N2O3/c1-11(19)17-9-10-18-14(15(20)21)12-5-7-13(8-6-12)16(2,3)4/h5-8,14,18H,9-10H2,1-4H3,(H,17,19)(H,20,21). The molecule has 0 bridgehead atoms. The maximum Gasteiger partial charge on any atom is 0.325 e. The Balaban J connectivity index is 2.72. The molecule has 3 N–H and O–H groups in total. The third kappa shape index (κ3) is 5.55. The first-order chi connectivity index (χ1) is 9.71. The average Bonchev–Trinajstić information content (AvgIpc) is 2.37. The predicted molar refractivity (Wildman–Crippen MR) is 82.2 cm³/mol. The number of carboxylic acids is 1. The van der Waals surface area contributed by atoms with Crippen molar-refractivity contribution >= 4 is 11.9 Å². The second kappa shape index (κ2) is 7.22. The minimum Gasteiger partial charge on any atom is -0.480 e. The lowest BCUT2D eigenvalue weighted by Gasteiger charge is -2.20. The van der Waals surface area contributed by atoms with E-state index in [2.05, 4.69) is 31.4 Å². The molecule has 0 fully saturated rings. The zero-order valence-electron chi connectivity index (χ0n) is 13.1. The largest absolute Gasteiger partial charge is 0.480 e. The van der Waals surface area contributed by atoms with Crippen LogP contribution in [0.3, 0.4) is 0 Å². The van der Waals surface area contributed by atoms with Gasteiger partial charge >= 0.3 is 5.97 Å². The molecule has 1 atom stereocenters. The number of nitrogens with one attached hydrogen (secondary N) is 2. The van der Waals surface area contributed by atoms with Crippen LogP contribution in [0.15, 0.2) is 24.3 Å². The molecule has 5 heteroatoms. The molecule has 0 radical (unpaired) electrons. The van der Waals surface area contributed by atoms with Gasteiger partial charge in [0.05, 0.1) is 0 Å². The van der Waals surface area contributed by atoms with Gasteiger partial charge in [0.1, 0.15) is 6.04 Å². The summed E-state index contributed by atoms with van der Waals surface area (Å²) in [5.41, 5.74) is 1.91. The van der Waals surface area contributed by atoms with E-state index < -0.39 is 12.0 Å². The highest BCUT2D eigenvalue weighted by molar-refractivity contribution is 5.75. The van der Waals surface area contributed by atoms with Crippen molar-refractivity contribution in [2.75, 3.05) is 13.1 Å². The molecular formula is C16H24N2O3. The smallest absolute Gasteiger partial charge is 0.325 e. The molecule has 1 aromatic carbocycles. The highest BCUT2D eigenvalue weighted by Gasteiger charge is 2.20. The van der Waals surface area contributed by atoms with Crippen molar-refractivity contribution < 1.29 is 14.7 Å². The first-order valence-electron chi connectivity index (χ1n) is 7.03. The maximum atomic E-state index is 11.4. The summed E-state index contributed by atoms with van der Waals surface area (Å²) in [7, 11) is 0. The topological polar surface area (TPSA) is 78.4 Å². The van der Waals surface area contributed by atoms with Crippen molar-refractivity contribution in [1.82, 2.24) is 10.6 Å². The SMILES string of the molecule is CC(=O)NCCNC(C(=O)O)c1ccc(C(C)(C)C)cc1. The van der Waals surface area contributed by atoms with Crippen LogP contribution in [-0.2, 0) is 15.0 Å². The quantitative estimate of drug-likeness (QED) is 0.699. The Hall–Kier alpha value is -1.88. The molecule has 0 aliphatic heterocycles. The van der Waals surface area contributed by atoms with Crippen LogP contribution < -0.4 is 10.6 Å². The van der Waals surface area contributed by atoms with Gasteiger partial charge < -0.3 is 10.4 Å². The van der Waals surface area contributed by atoms with Gasteiger partial charge in [-0.2, -0.15) is 0 Å². The average molecular weight is 292 g/mol. The van der Waals surface area contributed by atoms with Crippen molar-refractivity contribution in [1.29, 1.82) is 0 Å². The summed E-state index contributed by atoms with van der Waals surface area (Å²) in [6, 6.07) is 6.82. The molecule has 0 aromatic heterocycles. The van der Waals surface area contributed by atoms with Gasteiger partial charge in [0.15, 0.2) is 0 Å². The molecule has 1 unspecified atom stereocenters. The van der Waals surface area contributed by atoms with E-state index in [1.54, 1.807) is 0 Å². The monoisotopic (exact) mass is 292 g/mol. The summed E-state index contributed by atoms with van der Waals surface area (Å²) in [4.78, 5) is 22.1. The Morgan fingerprint density at radius 3 is 2.14 bits per heavy atom. The van der Waals surface area contributed by atoms with Crippen LogP contribution in [0.2, 0.25) is 0 Å². The predicted octanol–water partition coefficient (Wildman–Crippen LogP) is 1.84. The number of aliphatic carboxylic acids is 1. The number of carbonyl (C=O) groups excluding carboxylic acids is 1. The summed E-state index contributed by atoms with van der Waals surface area (Å²) in [5, 5.41) is 14.9. The van der Waals surface area contributed by atoms with E-state index in [9.17, 15) is 14.7 Å². The lowest BCUT2D eigenvalue weighted by atomic mass is 9.86. The Labute approximate surface area is 125 Å². The molecule has 21 heavy (non-hydrogen) atoms. The van der Waals surface area contributed by atoms with E-state index in [0.29, 0.717) is 18.7 Å². The Morgan fingerprint density at radius 2 is 1.71 bits per heavy atom. The molecule has 0 aliphatic carbocycles. The third-order valence-electron chi connectivity index (χ3n) is 3.20. The van der Waals surface area contributed by atoms with Crippen molar-refractivity contribution in [2.24, 2.45) is 0 Å². The number of amides is 1. The summed E-state index contributed by atoms with van der Waals surface area (Å²) in [5.74, 6) is -1.06. The zero-order chi connectivity index (χ0) is 16.0. The zero-order valence-corrected chi connectivity index (χ0v) is 13.1. The number of rotatable bonds is 6. The van der Waals surface area contributed by atoms with E-state index >= 15 is 0 Å². The molecule has 1 aromatic rings. The van der Waals surface area contributed by atoms with Crippen LogP contribution >= 0.6 is 0 Å². The van der Waals surface area contributed by atoms with E-state index in [4.69, 9.17) is 0 Å². The van der Waals surface area contributed by atoms with Gasteiger partial charge in [0.25, 0.3) is 0 Å².